The molecule has 134 valence electrons. The van der Waals surface area contributed by atoms with E-state index in [1.165, 1.54) is 18.2 Å². The molecule has 0 aliphatic carbocycles. The number of nitrogens with zero attached hydrogens (tertiary/aromatic N) is 1. The van der Waals surface area contributed by atoms with Crippen LogP contribution < -0.4 is 4.74 Å². The molecule has 0 amide bonds. The fourth-order valence-electron chi connectivity index (χ4n) is 3.28. The van der Waals surface area contributed by atoms with Gasteiger partial charge in [-0.15, -0.1) is 0 Å². The van der Waals surface area contributed by atoms with E-state index in [4.69, 9.17) is 4.74 Å². The van der Waals surface area contributed by atoms with Crippen LogP contribution in [0.4, 0.5) is 4.39 Å². The van der Waals surface area contributed by atoms with Crippen molar-refractivity contribution in [2.45, 2.75) is 31.6 Å². The average Bonchev–Trinajstić information content (AvgIpc) is 3.06. The number of sulfonamides is 1. The molecule has 0 N–H and O–H groups in total. The van der Waals surface area contributed by atoms with Gasteiger partial charge in [-0.3, -0.25) is 0 Å². The van der Waals surface area contributed by atoms with Crippen LogP contribution in [-0.2, 0) is 15.8 Å². The number of benzene rings is 2. The average molecular weight is 363 g/mol. The van der Waals surface area contributed by atoms with Crippen LogP contribution in [0, 0.1) is 5.82 Å². The van der Waals surface area contributed by atoms with E-state index >= 15 is 0 Å². The SMILES string of the molecule is CCOc1ccc(C2CCCN2S(=O)(=O)Cc2cccc(F)c2)cc1. The second-order valence-electron chi connectivity index (χ2n) is 6.16. The standard InChI is InChI=1S/C19H22FNO3S/c1-2-24-18-10-8-16(9-11-18)19-7-4-12-21(19)25(22,23)14-15-5-3-6-17(20)13-15/h3,5-6,8-11,13,19H,2,4,7,12,14H2,1H3. The fourth-order valence-corrected chi connectivity index (χ4v) is 5.07. The van der Waals surface area contributed by atoms with Gasteiger partial charge >= 0.3 is 0 Å². The molecule has 6 heteroatoms. The molecule has 0 bridgehead atoms. The molecule has 1 heterocycles. The molecule has 1 unspecified atom stereocenters. The fraction of sp³-hybridized carbons (Fsp3) is 0.368. The summed E-state index contributed by atoms with van der Waals surface area (Å²) in [6.45, 7) is 3.01. The molecular weight excluding hydrogens is 341 g/mol. The topological polar surface area (TPSA) is 46.6 Å². The summed E-state index contributed by atoms with van der Waals surface area (Å²) in [6.07, 6.45) is 1.61. The molecule has 0 aromatic heterocycles. The van der Waals surface area contributed by atoms with E-state index in [1.54, 1.807) is 10.4 Å². The minimum atomic E-state index is -3.51. The van der Waals surface area contributed by atoms with Crippen molar-refractivity contribution in [3.05, 3.63) is 65.5 Å². The van der Waals surface area contributed by atoms with E-state index in [1.807, 2.05) is 31.2 Å². The summed E-state index contributed by atoms with van der Waals surface area (Å²) in [5.41, 5.74) is 1.43. The summed E-state index contributed by atoms with van der Waals surface area (Å²) >= 11 is 0. The van der Waals surface area contributed by atoms with E-state index in [9.17, 15) is 12.8 Å². The highest BCUT2D eigenvalue weighted by Crippen LogP contribution is 2.35. The zero-order chi connectivity index (χ0) is 17.9. The lowest BCUT2D eigenvalue weighted by atomic mass is 10.1. The van der Waals surface area contributed by atoms with Crippen LogP contribution in [0.25, 0.3) is 0 Å². The van der Waals surface area contributed by atoms with E-state index in [0.717, 1.165) is 24.2 Å². The summed E-state index contributed by atoms with van der Waals surface area (Å²) in [6, 6.07) is 13.2. The van der Waals surface area contributed by atoms with Gasteiger partial charge in [0.25, 0.3) is 0 Å². The zero-order valence-corrected chi connectivity index (χ0v) is 15.0. The first-order valence-electron chi connectivity index (χ1n) is 8.46. The van der Waals surface area contributed by atoms with Gasteiger partial charge in [-0.1, -0.05) is 24.3 Å². The van der Waals surface area contributed by atoms with Gasteiger partial charge in [0.1, 0.15) is 11.6 Å². The van der Waals surface area contributed by atoms with Crippen LogP contribution in [0.1, 0.15) is 36.9 Å². The van der Waals surface area contributed by atoms with E-state index in [2.05, 4.69) is 0 Å². The Labute approximate surface area is 148 Å². The van der Waals surface area contributed by atoms with Crippen LogP contribution in [-0.4, -0.2) is 25.9 Å². The van der Waals surface area contributed by atoms with Gasteiger partial charge < -0.3 is 4.74 Å². The third-order valence-electron chi connectivity index (χ3n) is 4.37. The second kappa shape index (κ2) is 7.54. The highest BCUT2D eigenvalue weighted by atomic mass is 32.2. The van der Waals surface area contributed by atoms with Gasteiger partial charge in [-0.2, -0.15) is 4.31 Å². The van der Waals surface area contributed by atoms with Crippen molar-refractivity contribution in [2.24, 2.45) is 0 Å². The number of halogens is 1. The van der Waals surface area contributed by atoms with Crippen LogP contribution in [0.2, 0.25) is 0 Å². The van der Waals surface area contributed by atoms with Gasteiger partial charge in [0.05, 0.1) is 12.4 Å². The summed E-state index contributed by atoms with van der Waals surface area (Å²) in [7, 11) is -3.51. The molecule has 0 radical (unpaired) electrons. The van der Waals surface area contributed by atoms with Crippen LogP contribution in [0.15, 0.2) is 48.5 Å². The van der Waals surface area contributed by atoms with Crippen molar-refractivity contribution in [3.8, 4) is 5.75 Å². The van der Waals surface area contributed by atoms with Gasteiger partial charge in [0, 0.05) is 12.6 Å². The first-order chi connectivity index (χ1) is 12.0. The number of ether oxygens (including phenoxy) is 1. The smallest absolute Gasteiger partial charge is 0.218 e. The van der Waals surface area contributed by atoms with Crippen molar-refractivity contribution in [1.82, 2.24) is 4.31 Å². The Hall–Kier alpha value is -1.92. The normalized spacial score (nSPS) is 18.4. The highest BCUT2D eigenvalue weighted by molar-refractivity contribution is 7.88. The van der Waals surface area contributed by atoms with Gasteiger partial charge in [-0.05, 0) is 55.2 Å². The largest absolute Gasteiger partial charge is 0.494 e. The third-order valence-corrected chi connectivity index (χ3v) is 6.22. The number of hydrogen-bond donors (Lipinski definition) is 0. The summed E-state index contributed by atoms with van der Waals surface area (Å²) < 4.78 is 46.0. The van der Waals surface area contributed by atoms with Crippen molar-refractivity contribution in [2.75, 3.05) is 13.2 Å². The Morgan fingerprint density at radius 2 is 1.96 bits per heavy atom. The minimum Gasteiger partial charge on any atom is -0.494 e. The van der Waals surface area contributed by atoms with Crippen molar-refractivity contribution in [3.63, 3.8) is 0 Å². The Morgan fingerprint density at radius 1 is 1.20 bits per heavy atom. The van der Waals surface area contributed by atoms with Gasteiger partial charge in [0.15, 0.2) is 0 Å². The van der Waals surface area contributed by atoms with Crippen LogP contribution in [0.5, 0.6) is 5.75 Å². The number of hydrogen-bond acceptors (Lipinski definition) is 3. The molecule has 1 aliphatic rings. The Bertz CT molecular complexity index is 821. The van der Waals surface area contributed by atoms with Crippen molar-refractivity contribution >= 4 is 10.0 Å². The first-order valence-corrected chi connectivity index (χ1v) is 10.1. The summed E-state index contributed by atoms with van der Waals surface area (Å²) in [4.78, 5) is 0. The van der Waals surface area contributed by atoms with E-state index in [0.29, 0.717) is 18.7 Å². The predicted molar refractivity (Wildman–Crippen MR) is 95.3 cm³/mol. The zero-order valence-electron chi connectivity index (χ0n) is 14.2. The molecular formula is C19H22FNO3S. The Morgan fingerprint density at radius 3 is 2.64 bits per heavy atom. The van der Waals surface area contributed by atoms with Crippen LogP contribution >= 0.6 is 0 Å². The number of rotatable bonds is 6. The lowest BCUT2D eigenvalue weighted by molar-refractivity contribution is 0.339. The summed E-state index contributed by atoms with van der Waals surface area (Å²) in [5.74, 6) is 0.175. The molecule has 2 aromatic carbocycles. The first kappa shape index (κ1) is 17.9. The van der Waals surface area contributed by atoms with Crippen molar-refractivity contribution in [1.29, 1.82) is 0 Å². The molecule has 2 aromatic rings. The molecule has 0 saturated carbocycles. The molecule has 1 saturated heterocycles. The lowest BCUT2D eigenvalue weighted by Crippen LogP contribution is -2.31. The van der Waals surface area contributed by atoms with Gasteiger partial charge in [-0.25, -0.2) is 12.8 Å². The molecule has 1 aliphatic heterocycles. The third kappa shape index (κ3) is 4.19. The Kier molecular flexibility index (Phi) is 5.39. The Balaban J connectivity index is 1.80. The maximum Gasteiger partial charge on any atom is 0.218 e. The molecule has 1 atom stereocenters. The molecule has 3 rings (SSSR count). The maximum absolute atomic E-state index is 13.3. The van der Waals surface area contributed by atoms with E-state index < -0.39 is 15.8 Å². The second-order valence-corrected chi connectivity index (χ2v) is 8.08. The summed E-state index contributed by atoms with van der Waals surface area (Å²) in [5, 5.41) is 0. The quantitative estimate of drug-likeness (QED) is 0.782. The molecule has 25 heavy (non-hydrogen) atoms. The monoisotopic (exact) mass is 363 g/mol. The maximum atomic E-state index is 13.3. The predicted octanol–water partition coefficient (Wildman–Crippen LogP) is 3.89. The molecule has 0 spiro atoms. The lowest BCUT2D eigenvalue weighted by Gasteiger charge is -2.24. The molecule has 1 fully saturated rings. The van der Waals surface area contributed by atoms with Gasteiger partial charge in [0.2, 0.25) is 10.0 Å². The van der Waals surface area contributed by atoms with Crippen LogP contribution in [0.3, 0.4) is 0 Å². The molecule has 4 nitrogen and oxygen atoms in total. The van der Waals surface area contributed by atoms with E-state index in [-0.39, 0.29) is 11.8 Å². The minimum absolute atomic E-state index is 0.172. The highest BCUT2D eigenvalue weighted by Gasteiger charge is 2.35. The van der Waals surface area contributed by atoms with Crippen molar-refractivity contribution < 1.29 is 17.5 Å².